The Morgan fingerprint density at radius 1 is 1.27 bits per heavy atom. The summed E-state index contributed by atoms with van der Waals surface area (Å²) in [5.74, 6) is 0.793. The summed E-state index contributed by atoms with van der Waals surface area (Å²) >= 11 is 1.73. The van der Waals surface area contributed by atoms with Crippen LogP contribution in [0.2, 0.25) is 0 Å². The van der Waals surface area contributed by atoms with Gasteiger partial charge in [-0.2, -0.15) is 0 Å². The number of hydrogen-bond acceptors (Lipinski definition) is 3. The highest BCUT2D eigenvalue weighted by Gasteiger charge is 2.10. The summed E-state index contributed by atoms with van der Waals surface area (Å²) in [5, 5.41) is 7.85. The number of guanidine groups is 1. The second-order valence-electron chi connectivity index (χ2n) is 5.40. The molecule has 1 heterocycles. The molecule has 0 aliphatic heterocycles. The Labute approximate surface area is 136 Å². The van der Waals surface area contributed by atoms with Crippen LogP contribution in [0.25, 0.3) is 0 Å². The van der Waals surface area contributed by atoms with Crippen molar-refractivity contribution in [3.05, 3.63) is 51.0 Å². The van der Waals surface area contributed by atoms with Gasteiger partial charge in [-0.3, -0.25) is 4.99 Å². The molecule has 4 nitrogen and oxygen atoms in total. The van der Waals surface area contributed by atoms with Gasteiger partial charge in [0, 0.05) is 11.9 Å². The Morgan fingerprint density at radius 2 is 2.00 bits per heavy atom. The predicted molar refractivity (Wildman–Crippen MR) is 94.5 cm³/mol. The molecular formula is C17H24N4S. The quantitative estimate of drug-likeness (QED) is 0.670. The van der Waals surface area contributed by atoms with Crippen molar-refractivity contribution in [1.29, 1.82) is 0 Å². The first-order chi connectivity index (χ1) is 10.5. The first-order valence-electron chi connectivity index (χ1n) is 7.47. The summed E-state index contributed by atoms with van der Waals surface area (Å²) in [6.07, 6.45) is 0. The molecule has 1 unspecified atom stereocenters. The van der Waals surface area contributed by atoms with Gasteiger partial charge in [0.25, 0.3) is 0 Å². The van der Waals surface area contributed by atoms with E-state index in [-0.39, 0.29) is 6.04 Å². The van der Waals surface area contributed by atoms with Crippen molar-refractivity contribution < 1.29 is 0 Å². The zero-order valence-corrected chi connectivity index (χ0v) is 14.7. The number of nitrogens with one attached hydrogen (secondary N) is 2. The van der Waals surface area contributed by atoms with E-state index in [1.165, 1.54) is 16.0 Å². The summed E-state index contributed by atoms with van der Waals surface area (Å²) in [4.78, 5) is 10.1. The molecule has 0 radical (unpaired) electrons. The molecule has 1 aromatic carbocycles. The molecule has 2 rings (SSSR count). The van der Waals surface area contributed by atoms with Gasteiger partial charge in [-0.1, -0.05) is 24.3 Å². The zero-order valence-electron chi connectivity index (χ0n) is 13.9. The minimum absolute atomic E-state index is 0.201. The first-order valence-corrected chi connectivity index (χ1v) is 8.28. The molecule has 2 aromatic rings. The maximum atomic E-state index is 4.54. The van der Waals surface area contributed by atoms with Crippen LogP contribution in [0.3, 0.4) is 0 Å². The van der Waals surface area contributed by atoms with Crippen LogP contribution in [0.5, 0.6) is 0 Å². The molecule has 0 bridgehead atoms. The third-order valence-corrected chi connectivity index (χ3v) is 4.78. The molecular weight excluding hydrogens is 292 g/mol. The average molecular weight is 316 g/mol. The first kappa shape index (κ1) is 16.5. The number of aromatic nitrogens is 1. The fourth-order valence-corrected chi connectivity index (χ4v) is 3.20. The predicted octanol–water partition coefficient (Wildman–Crippen LogP) is 3.49. The van der Waals surface area contributed by atoms with Crippen molar-refractivity contribution in [2.24, 2.45) is 4.99 Å². The fraction of sp³-hybridized carbons (Fsp3) is 0.412. The number of nitrogens with zero attached hydrogens (tertiary/aromatic N) is 2. The molecule has 0 fully saturated rings. The van der Waals surface area contributed by atoms with Crippen molar-refractivity contribution >= 4 is 17.3 Å². The zero-order chi connectivity index (χ0) is 16.1. The van der Waals surface area contributed by atoms with Gasteiger partial charge >= 0.3 is 0 Å². The number of benzene rings is 1. The summed E-state index contributed by atoms with van der Waals surface area (Å²) in [6, 6.07) is 8.61. The lowest BCUT2D eigenvalue weighted by atomic mass is 10.0. The van der Waals surface area contributed by atoms with E-state index in [0.717, 1.165) is 16.7 Å². The van der Waals surface area contributed by atoms with E-state index in [2.05, 4.69) is 65.6 Å². The van der Waals surface area contributed by atoms with Gasteiger partial charge in [-0.15, -0.1) is 11.3 Å². The third kappa shape index (κ3) is 4.07. The van der Waals surface area contributed by atoms with Crippen molar-refractivity contribution in [2.75, 3.05) is 7.05 Å². The van der Waals surface area contributed by atoms with Gasteiger partial charge < -0.3 is 10.6 Å². The summed E-state index contributed by atoms with van der Waals surface area (Å²) in [6.45, 7) is 9.11. The number of rotatable bonds is 4. The molecule has 0 aliphatic carbocycles. The van der Waals surface area contributed by atoms with Gasteiger partial charge in [0.2, 0.25) is 0 Å². The van der Waals surface area contributed by atoms with Gasteiger partial charge in [0.1, 0.15) is 5.01 Å². The molecule has 0 spiro atoms. The van der Waals surface area contributed by atoms with Crippen molar-refractivity contribution in [3.8, 4) is 0 Å². The Kier molecular flexibility index (Phi) is 5.55. The monoisotopic (exact) mass is 316 g/mol. The van der Waals surface area contributed by atoms with E-state index in [0.29, 0.717) is 6.54 Å². The lowest BCUT2D eigenvalue weighted by Gasteiger charge is -2.19. The van der Waals surface area contributed by atoms with Gasteiger partial charge in [0.05, 0.1) is 18.3 Å². The minimum Gasteiger partial charge on any atom is -0.350 e. The number of hydrogen-bond donors (Lipinski definition) is 2. The molecule has 0 saturated carbocycles. The molecule has 5 heteroatoms. The van der Waals surface area contributed by atoms with E-state index in [1.54, 1.807) is 18.4 Å². The minimum atomic E-state index is 0.201. The van der Waals surface area contributed by atoms with Gasteiger partial charge in [0.15, 0.2) is 5.96 Å². The Bertz CT molecular complexity index is 641. The number of thiazole rings is 1. The number of aryl methyl sites for hydroxylation is 3. The highest BCUT2D eigenvalue weighted by molar-refractivity contribution is 7.11. The van der Waals surface area contributed by atoms with Crippen LogP contribution in [0.4, 0.5) is 0 Å². The molecule has 1 aromatic heterocycles. The number of aliphatic imine (C=N–C) groups is 1. The Morgan fingerprint density at radius 3 is 2.59 bits per heavy atom. The third-order valence-electron chi connectivity index (χ3n) is 3.71. The van der Waals surface area contributed by atoms with Crippen LogP contribution in [0.15, 0.2) is 29.3 Å². The molecule has 0 amide bonds. The van der Waals surface area contributed by atoms with E-state index < -0.39 is 0 Å². The van der Waals surface area contributed by atoms with Crippen LogP contribution in [0.1, 0.15) is 39.7 Å². The van der Waals surface area contributed by atoms with Gasteiger partial charge in [-0.05, 0) is 38.8 Å². The lowest BCUT2D eigenvalue weighted by Crippen LogP contribution is -2.38. The summed E-state index contributed by atoms with van der Waals surface area (Å²) in [5.41, 5.74) is 3.67. The van der Waals surface area contributed by atoms with Crippen molar-refractivity contribution in [3.63, 3.8) is 0 Å². The SMILES string of the molecule is CN=C(NCc1nc(C)c(C)s1)NC(C)c1ccccc1C. The van der Waals surface area contributed by atoms with Crippen molar-refractivity contribution in [1.82, 2.24) is 15.6 Å². The second kappa shape index (κ2) is 7.40. The fourth-order valence-electron chi connectivity index (χ4n) is 2.32. The molecule has 0 saturated heterocycles. The van der Waals surface area contributed by atoms with Gasteiger partial charge in [-0.25, -0.2) is 4.98 Å². The largest absolute Gasteiger partial charge is 0.350 e. The normalized spacial score (nSPS) is 13.0. The second-order valence-corrected chi connectivity index (χ2v) is 6.69. The van der Waals surface area contributed by atoms with E-state index in [9.17, 15) is 0 Å². The van der Waals surface area contributed by atoms with Crippen LogP contribution in [-0.4, -0.2) is 18.0 Å². The van der Waals surface area contributed by atoms with Crippen LogP contribution in [-0.2, 0) is 6.54 Å². The maximum Gasteiger partial charge on any atom is 0.191 e. The van der Waals surface area contributed by atoms with E-state index >= 15 is 0 Å². The summed E-state index contributed by atoms with van der Waals surface area (Å²) in [7, 11) is 1.79. The van der Waals surface area contributed by atoms with Crippen molar-refractivity contribution in [2.45, 2.75) is 40.3 Å². The summed E-state index contributed by atoms with van der Waals surface area (Å²) < 4.78 is 0. The highest BCUT2D eigenvalue weighted by atomic mass is 32.1. The Balaban J connectivity index is 1.96. The molecule has 1 atom stereocenters. The standard InChI is InChI=1S/C17H24N4S/c1-11-8-6-7-9-15(11)13(3)21-17(18-5)19-10-16-20-12(2)14(4)22-16/h6-9,13H,10H2,1-5H3,(H2,18,19,21). The highest BCUT2D eigenvalue weighted by Crippen LogP contribution is 2.17. The topological polar surface area (TPSA) is 49.3 Å². The molecule has 2 N–H and O–H groups in total. The molecule has 22 heavy (non-hydrogen) atoms. The van der Waals surface area contributed by atoms with E-state index in [4.69, 9.17) is 0 Å². The molecule has 0 aliphatic rings. The van der Waals surface area contributed by atoms with Crippen LogP contribution >= 0.6 is 11.3 Å². The Hall–Kier alpha value is -1.88. The molecule has 118 valence electrons. The van der Waals surface area contributed by atoms with Crippen LogP contribution in [0, 0.1) is 20.8 Å². The lowest BCUT2D eigenvalue weighted by molar-refractivity contribution is 0.681. The smallest absolute Gasteiger partial charge is 0.191 e. The van der Waals surface area contributed by atoms with Crippen LogP contribution < -0.4 is 10.6 Å². The maximum absolute atomic E-state index is 4.54. The average Bonchev–Trinajstić information content (AvgIpc) is 2.82. The van der Waals surface area contributed by atoms with E-state index in [1.807, 2.05) is 6.92 Å².